The molecular formula is C20H23BrN2O3. The third kappa shape index (κ3) is 4.56. The number of nitrogens with zero attached hydrogens (tertiary/aromatic N) is 2. The number of amides is 1. The molecule has 1 saturated heterocycles. The van der Waals surface area contributed by atoms with E-state index in [1.807, 2.05) is 41.3 Å². The second-order valence-corrected chi connectivity index (χ2v) is 7.35. The van der Waals surface area contributed by atoms with Gasteiger partial charge in [0.1, 0.15) is 0 Å². The van der Waals surface area contributed by atoms with E-state index in [4.69, 9.17) is 4.74 Å². The first-order valence-electron chi connectivity index (χ1n) is 8.66. The van der Waals surface area contributed by atoms with Crippen molar-refractivity contribution in [2.24, 2.45) is 0 Å². The maximum Gasteiger partial charge on any atom is 0.227 e. The summed E-state index contributed by atoms with van der Waals surface area (Å²) in [7, 11) is 1.54. The van der Waals surface area contributed by atoms with E-state index in [0.717, 1.165) is 28.7 Å². The third-order valence-electron chi connectivity index (χ3n) is 4.66. The monoisotopic (exact) mass is 418 g/mol. The molecule has 26 heavy (non-hydrogen) atoms. The number of methoxy groups -OCH3 is 1. The molecule has 1 N–H and O–H groups in total. The van der Waals surface area contributed by atoms with Crippen molar-refractivity contribution >= 4 is 21.8 Å². The predicted octanol–water partition coefficient (Wildman–Crippen LogP) is 3.05. The van der Waals surface area contributed by atoms with Crippen LogP contribution < -0.4 is 4.74 Å². The number of ether oxygens (including phenoxy) is 1. The van der Waals surface area contributed by atoms with Gasteiger partial charge in [-0.1, -0.05) is 46.3 Å². The molecule has 1 fully saturated rings. The molecule has 1 heterocycles. The first-order valence-corrected chi connectivity index (χ1v) is 9.45. The fourth-order valence-electron chi connectivity index (χ4n) is 3.18. The maximum atomic E-state index is 12.5. The summed E-state index contributed by atoms with van der Waals surface area (Å²) in [5.74, 6) is 0.812. The number of piperazine rings is 1. The molecule has 138 valence electrons. The van der Waals surface area contributed by atoms with Crippen LogP contribution in [-0.4, -0.2) is 54.1 Å². The van der Waals surface area contributed by atoms with Gasteiger partial charge in [-0.25, -0.2) is 0 Å². The summed E-state index contributed by atoms with van der Waals surface area (Å²) in [4.78, 5) is 16.6. The molecule has 1 aliphatic heterocycles. The van der Waals surface area contributed by atoms with E-state index in [1.165, 1.54) is 0 Å². The van der Waals surface area contributed by atoms with Crippen molar-refractivity contribution in [2.75, 3.05) is 33.3 Å². The molecule has 5 nitrogen and oxygen atoms in total. The van der Waals surface area contributed by atoms with Gasteiger partial charge in [0.05, 0.1) is 13.5 Å². The van der Waals surface area contributed by atoms with Gasteiger partial charge >= 0.3 is 0 Å². The van der Waals surface area contributed by atoms with Crippen LogP contribution in [0.3, 0.4) is 0 Å². The Bertz CT molecular complexity index is 759. The number of aromatic hydroxyl groups is 1. The Morgan fingerprint density at radius 3 is 2.50 bits per heavy atom. The van der Waals surface area contributed by atoms with E-state index in [0.29, 0.717) is 31.8 Å². The number of carbonyl (C=O) groups is 1. The highest BCUT2D eigenvalue weighted by Gasteiger charge is 2.22. The summed E-state index contributed by atoms with van der Waals surface area (Å²) in [6.07, 6.45) is 0.449. The zero-order chi connectivity index (χ0) is 18.5. The summed E-state index contributed by atoms with van der Waals surface area (Å²) in [6.45, 7) is 3.61. The maximum absolute atomic E-state index is 12.5. The van der Waals surface area contributed by atoms with Crippen LogP contribution in [-0.2, 0) is 17.8 Å². The van der Waals surface area contributed by atoms with E-state index in [9.17, 15) is 9.90 Å². The highest BCUT2D eigenvalue weighted by Crippen LogP contribution is 2.34. The van der Waals surface area contributed by atoms with Gasteiger partial charge in [-0.2, -0.15) is 0 Å². The molecule has 0 saturated carbocycles. The van der Waals surface area contributed by atoms with Crippen molar-refractivity contribution in [3.8, 4) is 11.5 Å². The molecule has 0 bridgehead atoms. The quantitative estimate of drug-likeness (QED) is 0.810. The minimum atomic E-state index is 0.169. The first kappa shape index (κ1) is 18.7. The van der Waals surface area contributed by atoms with E-state index in [2.05, 4.69) is 20.8 Å². The van der Waals surface area contributed by atoms with Gasteiger partial charge in [0.2, 0.25) is 5.91 Å². The average Bonchev–Trinajstić information content (AvgIpc) is 2.65. The van der Waals surface area contributed by atoms with Crippen LogP contribution >= 0.6 is 15.9 Å². The van der Waals surface area contributed by atoms with Gasteiger partial charge in [-0.15, -0.1) is 0 Å². The van der Waals surface area contributed by atoms with Crippen molar-refractivity contribution in [3.05, 3.63) is 58.1 Å². The minimum absolute atomic E-state index is 0.169. The van der Waals surface area contributed by atoms with Crippen molar-refractivity contribution in [1.82, 2.24) is 9.80 Å². The van der Waals surface area contributed by atoms with Gasteiger partial charge in [-0.3, -0.25) is 9.69 Å². The van der Waals surface area contributed by atoms with E-state index < -0.39 is 0 Å². The lowest BCUT2D eigenvalue weighted by Gasteiger charge is -2.35. The van der Waals surface area contributed by atoms with E-state index in [1.54, 1.807) is 13.2 Å². The Labute approximate surface area is 162 Å². The molecule has 0 radical (unpaired) electrons. The highest BCUT2D eigenvalue weighted by atomic mass is 79.9. The summed E-state index contributed by atoms with van der Waals surface area (Å²) >= 11 is 3.45. The van der Waals surface area contributed by atoms with Crippen molar-refractivity contribution in [3.63, 3.8) is 0 Å². The average molecular weight is 419 g/mol. The molecule has 6 heteroatoms. The van der Waals surface area contributed by atoms with Crippen molar-refractivity contribution in [2.45, 2.75) is 13.0 Å². The van der Waals surface area contributed by atoms with Gasteiger partial charge in [0, 0.05) is 42.8 Å². The Kier molecular flexibility index (Phi) is 6.16. The molecule has 2 aromatic rings. The Morgan fingerprint density at radius 1 is 1.15 bits per heavy atom. The van der Waals surface area contributed by atoms with Gasteiger partial charge < -0.3 is 14.7 Å². The molecule has 0 aliphatic carbocycles. The number of benzene rings is 2. The smallest absolute Gasteiger partial charge is 0.227 e. The number of rotatable bonds is 5. The predicted molar refractivity (Wildman–Crippen MR) is 104 cm³/mol. The molecule has 3 rings (SSSR count). The zero-order valence-corrected chi connectivity index (χ0v) is 16.4. The van der Waals surface area contributed by atoms with Gasteiger partial charge in [0.15, 0.2) is 11.5 Å². The van der Waals surface area contributed by atoms with Crippen LogP contribution in [0, 0.1) is 0 Å². The van der Waals surface area contributed by atoms with Crippen LogP contribution in [0.1, 0.15) is 11.1 Å². The van der Waals surface area contributed by atoms with Crippen LogP contribution in [0.2, 0.25) is 0 Å². The Balaban J connectivity index is 1.56. The SMILES string of the molecule is COc1cc(Br)cc(CN2CCN(C(=O)Cc3ccccc3)CC2)c1O. The summed E-state index contributed by atoms with van der Waals surface area (Å²) in [5, 5.41) is 10.3. The van der Waals surface area contributed by atoms with Crippen molar-refractivity contribution in [1.29, 1.82) is 0 Å². The van der Waals surface area contributed by atoms with Crippen molar-refractivity contribution < 1.29 is 14.6 Å². The normalized spacial score (nSPS) is 15.1. The molecular weight excluding hydrogens is 396 g/mol. The number of phenols is 1. The lowest BCUT2D eigenvalue weighted by Crippen LogP contribution is -2.48. The number of halogens is 1. The minimum Gasteiger partial charge on any atom is -0.504 e. The standard InChI is InChI=1S/C20H23BrN2O3/c1-26-18-13-17(21)12-16(20(18)25)14-22-7-9-23(10-8-22)19(24)11-15-5-3-2-4-6-15/h2-6,12-13,25H,7-11,14H2,1H3. The first-order chi connectivity index (χ1) is 12.6. The van der Waals surface area contributed by atoms with Crippen LogP contribution in [0.5, 0.6) is 11.5 Å². The third-order valence-corrected chi connectivity index (χ3v) is 5.11. The fourth-order valence-corrected chi connectivity index (χ4v) is 3.67. The Morgan fingerprint density at radius 2 is 1.85 bits per heavy atom. The highest BCUT2D eigenvalue weighted by molar-refractivity contribution is 9.10. The van der Waals surface area contributed by atoms with E-state index in [-0.39, 0.29) is 11.7 Å². The second-order valence-electron chi connectivity index (χ2n) is 6.44. The van der Waals surface area contributed by atoms with Crippen LogP contribution in [0.15, 0.2) is 46.9 Å². The van der Waals surface area contributed by atoms with Crippen LogP contribution in [0.25, 0.3) is 0 Å². The molecule has 0 unspecified atom stereocenters. The summed E-state index contributed by atoms with van der Waals surface area (Å²) < 4.78 is 6.08. The van der Waals surface area contributed by atoms with Gasteiger partial charge in [-0.05, 0) is 17.7 Å². The molecule has 0 atom stereocenters. The Hall–Kier alpha value is -2.05. The largest absolute Gasteiger partial charge is 0.504 e. The van der Waals surface area contributed by atoms with Crippen LogP contribution in [0.4, 0.5) is 0 Å². The molecule has 1 aliphatic rings. The fraction of sp³-hybridized carbons (Fsp3) is 0.350. The van der Waals surface area contributed by atoms with Gasteiger partial charge in [0.25, 0.3) is 0 Å². The molecule has 2 aromatic carbocycles. The molecule has 0 aromatic heterocycles. The zero-order valence-electron chi connectivity index (χ0n) is 14.8. The number of carbonyl (C=O) groups excluding carboxylic acids is 1. The summed E-state index contributed by atoms with van der Waals surface area (Å²) in [5.41, 5.74) is 1.87. The molecule has 0 spiro atoms. The molecule has 1 amide bonds. The lowest BCUT2D eigenvalue weighted by molar-refractivity contribution is -0.132. The lowest BCUT2D eigenvalue weighted by atomic mass is 10.1. The number of hydrogen-bond acceptors (Lipinski definition) is 4. The second kappa shape index (κ2) is 8.56. The number of hydrogen-bond donors (Lipinski definition) is 1. The van der Waals surface area contributed by atoms with E-state index >= 15 is 0 Å². The number of phenolic OH excluding ortho intramolecular Hbond substituents is 1. The summed E-state index contributed by atoms with van der Waals surface area (Å²) in [6, 6.07) is 13.5. The topological polar surface area (TPSA) is 53.0 Å².